The van der Waals surface area contributed by atoms with Crippen molar-refractivity contribution in [2.24, 2.45) is 5.92 Å². The van der Waals surface area contributed by atoms with Crippen LogP contribution >= 0.6 is 15.9 Å². The smallest absolute Gasteiger partial charge is 0.114 e. The Bertz CT molecular complexity index is 159. The molecular formula is C7H9Br. The van der Waals surface area contributed by atoms with Crippen LogP contribution in [0.15, 0.2) is 10.6 Å². The minimum atomic E-state index is 0.486. The number of hydrogen-bond donors (Lipinski definition) is 0. The van der Waals surface area contributed by atoms with Crippen LogP contribution in [-0.4, -0.2) is 0 Å². The summed E-state index contributed by atoms with van der Waals surface area (Å²) in [6, 6.07) is 0. The molecule has 0 aromatic rings. The van der Waals surface area contributed by atoms with E-state index in [-0.39, 0.29) is 0 Å². The lowest BCUT2D eigenvalue weighted by molar-refractivity contribution is 0.831. The number of allylic oxidation sites excluding steroid dienone is 2. The van der Waals surface area contributed by atoms with Gasteiger partial charge in [-0.2, -0.15) is 0 Å². The molecule has 0 aromatic heterocycles. The average molecular weight is 174 g/mol. The molecule has 0 aliphatic carbocycles. The molecule has 0 aliphatic heterocycles. The Labute approximate surface area is 60.5 Å². The fourth-order valence-electron chi connectivity index (χ4n) is 0.334. The highest BCUT2D eigenvalue weighted by Gasteiger charge is 1.86. The fraction of sp³-hybridized carbons (Fsp3) is 0.429. The van der Waals surface area contributed by atoms with Gasteiger partial charge in [0.05, 0.1) is 4.48 Å². The highest BCUT2D eigenvalue weighted by Crippen LogP contribution is 2.06. The molecule has 0 nitrogen and oxygen atoms in total. The third kappa shape index (κ3) is 3.95. The quantitative estimate of drug-likeness (QED) is 0.536. The van der Waals surface area contributed by atoms with E-state index < -0.39 is 0 Å². The maximum Gasteiger partial charge on any atom is 0.124 e. The molecule has 0 N–H and O–H groups in total. The first-order valence-corrected chi connectivity index (χ1v) is 3.26. The number of terminal acetylenes is 1. The molecule has 0 spiro atoms. The molecule has 0 bridgehead atoms. The summed E-state index contributed by atoms with van der Waals surface area (Å²) in [5.41, 5.74) is 0. The van der Waals surface area contributed by atoms with E-state index in [4.69, 9.17) is 1.37 Å². The van der Waals surface area contributed by atoms with E-state index in [1.807, 2.05) is 6.08 Å². The van der Waals surface area contributed by atoms with Crippen molar-refractivity contribution in [2.45, 2.75) is 13.8 Å². The standard InChI is InChI=1S/C7H9Br/c1-4-7(8)5-6(2)3/h1,5-6H,2-3H3/b7-5-/i1D. The lowest BCUT2D eigenvalue weighted by atomic mass is 10.2. The minimum absolute atomic E-state index is 0.486. The van der Waals surface area contributed by atoms with E-state index in [2.05, 4.69) is 42.1 Å². The van der Waals surface area contributed by atoms with E-state index in [9.17, 15) is 0 Å². The third-order valence-electron chi connectivity index (χ3n) is 0.599. The molecule has 8 heavy (non-hydrogen) atoms. The Balaban J connectivity index is 3.94. The van der Waals surface area contributed by atoms with Gasteiger partial charge in [-0.15, -0.1) is 6.40 Å². The van der Waals surface area contributed by atoms with Crippen LogP contribution in [0.3, 0.4) is 0 Å². The summed E-state index contributed by atoms with van der Waals surface area (Å²) in [5, 5.41) is 0. The molecule has 0 atom stereocenters. The fourth-order valence-corrected chi connectivity index (χ4v) is 0.863. The molecule has 0 rings (SSSR count). The van der Waals surface area contributed by atoms with Crippen LogP contribution in [0.25, 0.3) is 0 Å². The molecule has 0 fully saturated rings. The largest absolute Gasteiger partial charge is 0.124 e. The van der Waals surface area contributed by atoms with Crippen molar-refractivity contribution in [3.05, 3.63) is 10.6 Å². The second-order valence-electron chi connectivity index (χ2n) is 1.88. The Morgan fingerprint density at radius 1 is 2.00 bits per heavy atom. The van der Waals surface area contributed by atoms with Crippen molar-refractivity contribution < 1.29 is 1.37 Å². The SMILES string of the molecule is [2H]C#C/C(Br)=C/C(C)C. The minimum Gasteiger partial charge on any atom is -0.114 e. The Morgan fingerprint density at radius 3 is 3.00 bits per heavy atom. The molecule has 0 saturated carbocycles. The molecule has 1 heteroatoms. The van der Waals surface area contributed by atoms with Gasteiger partial charge in [-0.1, -0.05) is 25.8 Å². The zero-order valence-corrected chi connectivity index (χ0v) is 6.62. The summed E-state index contributed by atoms with van der Waals surface area (Å²) < 4.78 is 7.34. The summed E-state index contributed by atoms with van der Waals surface area (Å²) in [6.07, 6.45) is 4.02. The van der Waals surface area contributed by atoms with Crippen molar-refractivity contribution in [2.75, 3.05) is 0 Å². The Hall–Kier alpha value is -0.220. The predicted octanol–water partition coefficient (Wildman–Crippen LogP) is 2.55. The molecule has 0 radical (unpaired) electrons. The number of rotatable bonds is 1. The summed E-state index contributed by atoms with van der Waals surface area (Å²) in [4.78, 5) is 0. The van der Waals surface area contributed by atoms with Crippen LogP contribution in [-0.2, 0) is 0 Å². The lowest BCUT2D eigenvalue weighted by Crippen LogP contribution is -1.77. The molecule has 0 aliphatic rings. The van der Waals surface area contributed by atoms with Gasteiger partial charge in [0.15, 0.2) is 0 Å². The third-order valence-corrected chi connectivity index (χ3v) is 1.06. The van der Waals surface area contributed by atoms with Crippen LogP contribution in [0.5, 0.6) is 0 Å². The monoisotopic (exact) mass is 173 g/mol. The van der Waals surface area contributed by atoms with E-state index >= 15 is 0 Å². The second kappa shape index (κ2) is 3.74. The molecule has 0 heterocycles. The molecular weight excluding hydrogens is 164 g/mol. The highest BCUT2D eigenvalue weighted by molar-refractivity contribution is 9.12. The van der Waals surface area contributed by atoms with Crippen molar-refractivity contribution in [3.63, 3.8) is 0 Å². The summed E-state index contributed by atoms with van der Waals surface area (Å²) in [6.45, 7) is 4.12. The van der Waals surface area contributed by atoms with Crippen LogP contribution in [0, 0.1) is 18.2 Å². The first kappa shape index (κ1) is 5.91. The van der Waals surface area contributed by atoms with E-state index in [0.717, 1.165) is 4.48 Å². The number of halogens is 1. The zero-order valence-electron chi connectivity index (χ0n) is 6.03. The summed E-state index contributed by atoms with van der Waals surface area (Å²) in [7, 11) is 0. The number of hydrogen-bond acceptors (Lipinski definition) is 0. The highest BCUT2D eigenvalue weighted by atomic mass is 79.9. The van der Waals surface area contributed by atoms with Crippen molar-refractivity contribution in [1.29, 1.82) is 0 Å². The molecule has 0 unspecified atom stereocenters. The molecule has 0 aromatic carbocycles. The second-order valence-corrected chi connectivity index (χ2v) is 2.74. The average Bonchev–Trinajstić information content (AvgIpc) is 1.63. The van der Waals surface area contributed by atoms with Gasteiger partial charge in [-0.3, -0.25) is 0 Å². The zero-order chi connectivity index (χ0) is 7.28. The normalized spacial score (nSPS) is 12.5. The van der Waals surface area contributed by atoms with Gasteiger partial charge in [-0.25, -0.2) is 0 Å². The first-order chi connectivity index (χ1) is 4.16. The van der Waals surface area contributed by atoms with Gasteiger partial charge in [-0.05, 0) is 21.8 Å². The maximum atomic E-state index is 6.55. The molecule has 44 valence electrons. The maximum absolute atomic E-state index is 6.55. The van der Waals surface area contributed by atoms with E-state index in [1.165, 1.54) is 0 Å². The van der Waals surface area contributed by atoms with Crippen molar-refractivity contribution in [3.8, 4) is 12.3 Å². The first-order valence-electron chi connectivity index (χ1n) is 2.97. The van der Waals surface area contributed by atoms with Crippen molar-refractivity contribution >= 4 is 15.9 Å². The predicted molar refractivity (Wildman–Crippen MR) is 40.7 cm³/mol. The van der Waals surface area contributed by atoms with Crippen LogP contribution < -0.4 is 0 Å². The van der Waals surface area contributed by atoms with Gasteiger partial charge in [0.1, 0.15) is 1.37 Å². The van der Waals surface area contributed by atoms with Gasteiger partial charge < -0.3 is 0 Å². The van der Waals surface area contributed by atoms with E-state index in [1.54, 1.807) is 0 Å². The van der Waals surface area contributed by atoms with E-state index in [0.29, 0.717) is 5.92 Å². The van der Waals surface area contributed by atoms with Gasteiger partial charge >= 0.3 is 0 Å². The topological polar surface area (TPSA) is 0 Å². The van der Waals surface area contributed by atoms with Crippen molar-refractivity contribution in [1.82, 2.24) is 0 Å². The van der Waals surface area contributed by atoms with Crippen LogP contribution in [0.2, 0.25) is 0 Å². The van der Waals surface area contributed by atoms with Crippen LogP contribution in [0.1, 0.15) is 15.2 Å². The van der Waals surface area contributed by atoms with Gasteiger partial charge in [0, 0.05) is 0 Å². The Morgan fingerprint density at radius 2 is 2.62 bits per heavy atom. The summed E-state index contributed by atoms with van der Waals surface area (Å²) >= 11 is 3.21. The van der Waals surface area contributed by atoms with Gasteiger partial charge in [0.2, 0.25) is 0 Å². The molecule has 0 amide bonds. The summed E-state index contributed by atoms with van der Waals surface area (Å²) in [5.74, 6) is 3.06. The Kier molecular flexibility index (Phi) is 2.76. The lowest BCUT2D eigenvalue weighted by Gasteiger charge is -1.91. The molecule has 0 saturated heterocycles. The van der Waals surface area contributed by atoms with Crippen LogP contribution in [0.4, 0.5) is 0 Å². The van der Waals surface area contributed by atoms with Gasteiger partial charge in [0.25, 0.3) is 0 Å².